The molecule has 47 heavy (non-hydrogen) atoms. The molecule has 0 aromatic rings. The predicted molar refractivity (Wildman–Crippen MR) is 205 cm³/mol. The highest BCUT2D eigenvalue weighted by atomic mass is 16.3. The van der Waals surface area contributed by atoms with Gasteiger partial charge in [-0.2, -0.15) is 0 Å². The molecule has 0 aromatic heterocycles. The van der Waals surface area contributed by atoms with Gasteiger partial charge in [-0.25, -0.2) is 0 Å². The van der Waals surface area contributed by atoms with Gasteiger partial charge in [-0.15, -0.1) is 0 Å². The highest BCUT2D eigenvalue weighted by molar-refractivity contribution is 5.28. The summed E-state index contributed by atoms with van der Waals surface area (Å²) < 4.78 is 0. The number of allylic oxidation sites excluding steroid dienone is 1. The van der Waals surface area contributed by atoms with Gasteiger partial charge in [0.15, 0.2) is 0 Å². The summed E-state index contributed by atoms with van der Waals surface area (Å²) in [6.07, 6.45) is 37.8. The Kier molecular flexibility index (Phi) is 16.2. The number of unbranched alkanes of at least 4 members (excludes halogenated alkanes) is 14. The summed E-state index contributed by atoms with van der Waals surface area (Å²) >= 11 is 0. The van der Waals surface area contributed by atoms with Crippen molar-refractivity contribution < 1.29 is 5.11 Å². The lowest BCUT2D eigenvalue weighted by atomic mass is 9.44. The van der Waals surface area contributed by atoms with Gasteiger partial charge in [0.05, 0.1) is 6.10 Å². The van der Waals surface area contributed by atoms with Crippen molar-refractivity contribution in [2.75, 3.05) is 0 Å². The molecule has 3 fully saturated rings. The third-order valence-electron chi connectivity index (χ3n) is 15.1. The highest BCUT2D eigenvalue weighted by Crippen LogP contribution is 2.68. The van der Waals surface area contributed by atoms with Crippen LogP contribution in [0.4, 0.5) is 0 Å². The fourth-order valence-electron chi connectivity index (χ4n) is 12.4. The van der Waals surface area contributed by atoms with Crippen molar-refractivity contribution in [3.63, 3.8) is 0 Å². The molecule has 0 radical (unpaired) electrons. The molecule has 0 spiro atoms. The maximum Gasteiger partial charge on any atom is 0.0581 e. The van der Waals surface area contributed by atoms with Gasteiger partial charge in [-0.3, -0.25) is 0 Å². The molecule has 0 amide bonds. The van der Waals surface area contributed by atoms with Crippen molar-refractivity contribution in [1.82, 2.24) is 0 Å². The van der Waals surface area contributed by atoms with Crippen molar-refractivity contribution in [3.05, 3.63) is 11.6 Å². The van der Waals surface area contributed by atoms with Crippen molar-refractivity contribution in [2.24, 2.45) is 58.0 Å². The summed E-state index contributed by atoms with van der Waals surface area (Å²) in [6, 6.07) is 0.227. The molecule has 0 saturated heterocycles. The van der Waals surface area contributed by atoms with E-state index in [1.807, 2.05) is 0 Å². The minimum atomic E-state index is -0.195. The van der Waals surface area contributed by atoms with E-state index in [1.54, 1.807) is 5.57 Å². The molecular weight excluding hydrogens is 571 g/mol. The normalized spacial score (nSPS) is 34.9. The first kappa shape index (κ1) is 39.4. The zero-order valence-corrected chi connectivity index (χ0v) is 32.7. The molecule has 0 bridgehead atoms. The second kappa shape index (κ2) is 19.3. The van der Waals surface area contributed by atoms with Crippen LogP contribution in [0.15, 0.2) is 11.6 Å². The van der Waals surface area contributed by atoms with E-state index in [-0.39, 0.29) is 17.6 Å². The van der Waals surface area contributed by atoms with Crippen LogP contribution >= 0.6 is 0 Å². The molecule has 10 atom stereocenters. The van der Waals surface area contributed by atoms with E-state index in [2.05, 4.69) is 47.6 Å². The molecule has 3 N–H and O–H groups in total. The summed E-state index contributed by atoms with van der Waals surface area (Å²) in [7, 11) is 0. The van der Waals surface area contributed by atoms with Crippen molar-refractivity contribution in [1.29, 1.82) is 0 Å². The zero-order chi connectivity index (χ0) is 33.9. The fraction of sp³-hybridized carbons (Fsp3) is 0.956. The monoisotopic (exact) mass is 654 g/mol. The van der Waals surface area contributed by atoms with Crippen LogP contribution in [0.25, 0.3) is 0 Å². The minimum absolute atomic E-state index is 0.194. The summed E-state index contributed by atoms with van der Waals surface area (Å²) in [4.78, 5) is 0. The number of aliphatic hydroxyl groups excluding tert-OH is 1. The van der Waals surface area contributed by atoms with Gasteiger partial charge in [-0.1, -0.05) is 169 Å². The van der Waals surface area contributed by atoms with E-state index in [9.17, 15) is 5.11 Å². The number of aliphatic hydroxyl groups is 1. The van der Waals surface area contributed by atoms with Crippen LogP contribution in [-0.2, 0) is 0 Å². The Balaban J connectivity index is 1.22. The Morgan fingerprint density at radius 3 is 1.91 bits per heavy atom. The van der Waals surface area contributed by atoms with Crippen LogP contribution in [-0.4, -0.2) is 17.3 Å². The van der Waals surface area contributed by atoms with Gasteiger partial charge in [-0.05, 0) is 104 Å². The SMILES string of the molecule is CCCCCCCCCCCCCCCCCC(N)C1C[C@H](O)CC2=CC[C@H]3[C@@H]4CC[C@H]([C@H](C)CCCC(C)C)[C@@]4(C)CC[C@@H]3[C@]21C. The first-order valence-corrected chi connectivity index (χ1v) is 21.8. The van der Waals surface area contributed by atoms with Crippen LogP contribution in [0.2, 0.25) is 0 Å². The fourth-order valence-corrected chi connectivity index (χ4v) is 12.4. The second-order valence-corrected chi connectivity index (χ2v) is 18.8. The maximum atomic E-state index is 11.1. The average Bonchev–Trinajstić information content (AvgIpc) is 3.40. The average molecular weight is 654 g/mol. The lowest BCUT2D eigenvalue weighted by Crippen LogP contribution is -2.57. The number of fused-ring (bicyclic) bond motifs is 5. The lowest BCUT2D eigenvalue weighted by Gasteiger charge is -2.61. The van der Waals surface area contributed by atoms with Gasteiger partial charge in [0, 0.05) is 6.04 Å². The van der Waals surface area contributed by atoms with Gasteiger partial charge in [0.25, 0.3) is 0 Å². The number of hydrogen-bond acceptors (Lipinski definition) is 2. The van der Waals surface area contributed by atoms with E-state index >= 15 is 0 Å². The second-order valence-electron chi connectivity index (χ2n) is 18.8. The minimum Gasteiger partial charge on any atom is -0.393 e. The Bertz CT molecular complexity index is 910. The smallest absolute Gasteiger partial charge is 0.0581 e. The van der Waals surface area contributed by atoms with Crippen LogP contribution in [0.5, 0.6) is 0 Å². The van der Waals surface area contributed by atoms with Crippen LogP contribution in [0.3, 0.4) is 0 Å². The molecule has 0 heterocycles. The van der Waals surface area contributed by atoms with Crippen molar-refractivity contribution in [2.45, 2.75) is 221 Å². The molecule has 4 aliphatic carbocycles. The van der Waals surface area contributed by atoms with Crippen LogP contribution in [0.1, 0.15) is 208 Å². The number of rotatable bonds is 22. The zero-order valence-electron chi connectivity index (χ0n) is 32.7. The summed E-state index contributed by atoms with van der Waals surface area (Å²) in [5.74, 6) is 5.52. The first-order chi connectivity index (χ1) is 22.6. The van der Waals surface area contributed by atoms with E-state index in [1.165, 1.54) is 148 Å². The quantitative estimate of drug-likeness (QED) is 0.0902. The summed E-state index contributed by atoms with van der Waals surface area (Å²) in [5, 5.41) is 11.1. The molecule has 4 rings (SSSR count). The molecule has 2 heteroatoms. The Morgan fingerprint density at radius 1 is 0.723 bits per heavy atom. The van der Waals surface area contributed by atoms with Gasteiger partial charge in [0.2, 0.25) is 0 Å². The van der Waals surface area contributed by atoms with Gasteiger partial charge >= 0.3 is 0 Å². The number of hydrogen-bond donors (Lipinski definition) is 2. The molecule has 274 valence electrons. The van der Waals surface area contributed by atoms with Gasteiger partial charge in [0.1, 0.15) is 0 Å². The van der Waals surface area contributed by atoms with Crippen molar-refractivity contribution >= 4 is 0 Å². The number of nitrogens with two attached hydrogens (primary N) is 1. The molecule has 0 aliphatic heterocycles. The molecular formula is C45H83NO. The maximum absolute atomic E-state index is 11.1. The highest BCUT2D eigenvalue weighted by Gasteiger charge is 2.61. The topological polar surface area (TPSA) is 46.2 Å². The lowest BCUT2D eigenvalue weighted by molar-refractivity contribution is -0.0842. The molecule has 3 saturated carbocycles. The van der Waals surface area contributed by atoms with Crippen LogP contribution < -0.4 is 5.73 Å². The predicted octanol–water partition coefficient (Wildman–Crippen LogP) is 13.2. The first-order valence-electron chi connectivity index (χ1n) is 21.8. The van der Waals surface area contributed by atoms with E-state index in [4.69, 9.17) is 5.73 Å². The largest absolute Gasteiger partial charge is 0.393 e. The van der Waals surface area contributed by atoms with Crippen molar-refractivity contribution in [3.8, 4) is 0 Å². The van der Waals surface area contributed by atoms with Gasteiger partial charge < -0.3 is 10.8 Å². The molecule has 4 aliphatic rings. The Hall–Kier alpha value is -0.340. The Labute approximate surface area is 294 Å². The Morgan fingerprint density at radius 2 is 1.32 bits per heavy atom. The molecule has 0 aromatic carbocycles. The molecule has 2 nitrogen and oxygen atoms in total. The summed E-state index contributed by atoms with van der Waals surface area (Å²) in [5.41, 5.74) is 9.52. The third-order valence-corrected chi connectivity index (χ3v) is 15.1. The molecule has 2 unspecified atom stereocenters. The standard InChI is InChI=1S/C45H83NO/c1-7-8-9-10-11-12-13-14-15-16-17-18-19-20-21-25-43(46)42-33-37(47)32-36-26-27-38-40-29-28-39(35(4)24-22-23-34(2)3)44(40,5)31-30-41(38)45(36,42)6/h26,34-35,37-43,47H,7-25,27-33,46H2,1-6H3/t35-,37-,38+,39-,40+,41+,42?,43?,44-,45+/m1/s1. The third kappa shape index (κ3) is 10.1. The van der Waals surface area contributed by atoms with Crippen LogP contribution in [0, 0.1) is 52.3 Å². The summed E-state index contributed by atoms with van der Waals surface area (Å²) in [6.45, 7) is 15.0. The van der Waals surface area contributed by atoms with E-state index in [0.717, 1.165) is 54.8 Å². The van der Waals surface area contributed by atoms with E-state index < -0.39 is 0 Å². The van der Waals surface area contributed by atoms with E-state index in [0.29, 0.717) is 11.3 Å².